The van der Waals surface area contributed by atoms with Crippen LogP contribution in [0.1, 0.15) is 35.6 Å². The molecular formula is C26H26N4O8. The maximum Gasteiger partial charge on any atom is 0.413 e. The lowest BCUT2D eigenvalue weighted by Crippen LogP contribution is -2.44. The van der Waals surface area contributed by atoms with Gasteiger partial charge in [0.05, 0.1) is 29.0 Å². The van der Waals surface area contributed by atoms with Gasteiger partial charge in [-0.05, 0) is 44.8 Å². The molecule has 2 aliphatic heterocycles. The van der Waals surface area contributed by atoms with Gasteiger partial charge in [0, 0.05) is 28.6 Å². The second kappa shape index (κ2) is 9.23. The molecule has 0 bridgehead atoms. The molecule has 3 aromatic rings. The topological polar surface area (TPSA) is 160 Å². The van der Waals surface area contributed by atoms with Crippen LogP contribution in [0.25, 0.3) is 22.3 Å². The van der Waals surface area contributed by atoms with E-state index in [0.717, 1.165) is 5.56 Å². The van der Waals surface area contributed by atoms with Crippen molar-refractivity contribution < 1.29 is 34.1 Å². The van der Waals surface area contributed by atoms with Gasteiger partial charge in [0.2, 0.25) is 0 Å². The number of esters is 1. The first-order chi connectivity index (χ1) is 18.0. The Morgan fingerprint density at radius 3 is 2.71 bits per heavy atom. The maximum atomic E-state index is 13.4. The Morgan fingerprint density at radius 1 is 1.26 bits per heavy atom. The van der Waals surface area contributed by atoms with E-state index >= 15 is 0 Å². The Morgan fingerprint density at radius 2 is 2.03 bits per heavy atom. The van der Waals surface area contributed by atoms with E-state index in [1.54, 1.807) is 29.7 Å². The van der Waals surface area contributed by atoms with Crippen LogP contribution in [-0.4, -0.2) is 63.3 Å². The van der Waals surface area contributed by atoms with Crippen LogP contribution < -0.4 is 15.6 Å². The van der Waals surface area contributed by atoms with E-state index in [2.05, 4.69) is 5.32 Å². The minimum Gasteiger partial charge on any atom is -0.480 e. The number of nitrogens with zero attached hydrogens (tertiary/aromatic N) is 3. The van der Waals surface area contributed by atoms with Gasteiger partial charge in [0.15, 0.2) is 5.60 Å². The van der Waals surface area contributed by atoms with Gasteiger partial charge in [-0.3, -0.25) is 9.59 Å². The number of aliphatic hydroxyl groups is 1. The Kier molecular flexibility index (Phi) is 6.16. The molecule has 12 heteroatoms. The molecule has 0 saturated carbocycles. The predicted molar refractivity (Wildman–Crippen MR) is 134 cm³/mol. The molecule has 2 aromatic heterocycles. The van der Waals surface area contributed by atoms with Crippen LogP contribution in [0, 0.1) is 0 Å². The number of amides is 1. The van der Waals surface area contributed by atoms with Gasteiger partial charge in [-0.1, -0.05) is 6.92 Å². The summed E-state index contributed by atoms with van der Waals surface area (Å²) in [4.78, 5) is 55.4. The average Bonchev–Trinajstić information content (AvgIpc) is 3.23. The Balaban J connectivity index is 1.63. The molecule has 3 N–H and O–H groups in total. The molecular weight excluding hydrogens is 496 g/mol. The van der Waals surface area contributed by atoms with Gasteiger partial charge in [-0.15, -0.1) is 0 Å². The van der Waals surface area contributed by atoms with Crippen molar-refractivity contribution in [1.29, 1.82) is 0 Å². The van der Waals surface area contributed by atoms with Crippen LogP contribution in [0.15, 0.2) is 29.1 Å². The summed E-state index contributed by atoms with van der Waals surface area (Å²) in [5.41, 5.74) is 1.27. The monoisotopic (exact) mass is 522 g/mol. The number of cyclic esters (lactones) is 1. The summed E-state index contributed by atoms with van der Waals surface area (Å²) in [6.45, 7) is 1.48. The van der Waals surface area contributed by atoms with Crippen molar-refractivity contribution in [3.8, 4) is 17.1 Å². The third-order valence-electron chi connectivity index (χ3n) is 6.82. The summed E-state index contributed by atoms with van der Waals surface area (Å²) in [6, 6.07) is 6.79. The average molecular weight is 523 g/mol. The summed E-state index contributed by atoms with van der Waals surface area (Å²) >= 11 is 0. The first-order valence-electron chi connectivity index (χ1n) is 12.0. The maximum absolute atomic E-state index is 13.4. The van der Waals surface area contributed by atoms with Crippen LogP contribution in [-0.2, 0) is 39.6 Å². The van der Waals surface area contributed by atoms with Crippen molar-refractivity contribution in [3.05, 3.63) is 56.9 Å². The molecule has 1 amide bonds. The van der Waals surface area contributed by atoms with Crippen molar-refractivity contribution in [2.75, 3.05) is 20.6 Å². The predicted octanol–water partition coefficient (Wildman–Crippen LogP) is 1.31. The van der Waals surface area contributed by atoms with E-state index in [1.807, 2.05) is 25.1 Å². The fraction of sp³-hybridized carbons (Fsp3) is 0.346. The van der Waals surface area contributed by atoms with E-state index in [4.69, 9.17) is 19.6 Å². The summed E-state index contributed by atoms with van der Waals surface area (Å²) < 4.78 is 12.1. The number of aliphatic carboxylic acids is 1. The number of fused-ring (bicyclic) bond motifs is 5. The van der Waals surface area contributed by atoms with Gasteiger partial charge in [-0.25, -0.2) is 14.6 Å². The fourth-order valence-corrected chi connectivity index (χ4v) is 4.95. The largest absolute Gasteiger partial charge is 0.480 e. The standard InChI is InChI=1S/C26H26N4O8/c1-4-26(36)17-8-19-22-13(10-30(19)23(33)16(17)12-37-24(26)34)7-14-15(11-29(2)3)20(6-5-18(14)28-22)38-25(35)27-9-21(31)32/h5-8,36H,4,9-12H2,1-3H3,(H,27,35)(H,31,32)/t26-/m0/s1. The minimum atomic E-state index is -1.91. The third-order valence-corrected chi connectivity index (χ3v) is 6.82. The Bertz CT molecular complexity index is 1580. The van der Waals surface area contributed by atoms with Crippen LogP contribution >= 0.6 is 0 Å². The SMILES string of the molecule is CC[C@@]1(O)C(=O)OCc2c1cc1n(c2=O)Cc2cc3c(CN(C)C)c(OC(=O)NCC(=O)O)ccc3nc2-1. The number of aromatic nitrogens is 2. The molecule has 0 saturated heterocycles. The van der Waals surface area contributed by atoms with Crippen molar-refractivity contribution in [3.63, 3.8) is 0 Å². The number of nitrogens with one attached hydrogen (secondary N) is 1. The number of benzene rings is 1. The van der Waals surface area contributed by atoms with Crippen molar-refractivity contribution in [1.82, 2.24) is 19.8 Å². The third kappa shape index (κ3) is 4.07. The summed E-state index contributed by atoms with van der Waals surface area (Å²) in [7, 11) is 3.71. The van der Waals surface area contributed by atoms with E-state index < -0.39 is 30.2 Å². The van der Waals surface area contributed by atoms with Gasteiger partial charge in [0.1, 0.15) is 18.9 Å². The van der Waals surface area contributed by atoms with E-state index in [0.29, 0.717) is 34.4 Å². The molecule has 0 fully saturated rings. The van der Waals surface area contributed by atoms with Crippen LogP contribution in [0.4, 0.5) is 4.79 Å². The van der Waals surface area contributed by atoms with Gasteiger partial charge >= 0.3 is 18.0 Å². The normalized spacial score (nSPS) is 17.6. The number of pyridine rings is 2. The van der Waals surface area contributed by atoms with Gasteiger partial charge in [0.25, 0.3) is 5.56 Å². The molecule has 5 rings (SSSR count). The number of hydrogen-bond acceptors (Lipinski definition) is 9. The highest BCUT2D eigenvalue weighted by Crippen LogP contribution is 2.39. The molecule has 198 valence electrons. The van der Waals surface area contributed by atoms with Gasteiger partial charge < -0.3 is 34.5 Å². The zero-order valence-electron chi connectivity index (χ0n) is 21.0. The second-order valence-corrected chi connectivity index (χ2v) is 9.58. The lowest BCUT2D eigenvalue weighted by atomic mass is 9.86. The Hall–Kier alpha value is -4.29. The number of carboxylic acid groups (broad SMARTS) is 1. The summed E-state index contributed by atoms with van der Waals surface area (Å²) in [5.74, 6) is -1.73. The first kappa shape index (κ1) is 25.4. The highest BCUT2D eigenvalue weighted by Gasteiger charge is 2.45. The van der Waals surface area contributed by atoms with E-state index in [1.165, 1.54) is 0 Å². The van der Waals surface area contributed by atoms with E-state index in [9.17, 15) is 24.3 Å². The second-order valence-electron chi connectivity index (χ2n) is 9.58. The highest BCUT2D eigenvalue weighted by atomic mass is 16.6. The minimum absolute atomic E-state index is 0.0520. The lowest BCUT2D eigenvalue weighted by molar-refractivity contribution is -0.172. The van der Waals surface area contributed by atoms with Gasteiger partial charge in [-0.2, -0.15) is 0 Å². The van der Waals surface area contributed by atoms with Crippen LogP contribution in [0.5, 0.6) is 5.75 Å². The molecule has 1 atom stereocenters. The summed E-state index contributed by atoms with van der Waals surface area (Å²) in [6.07, 6.45) is -0.846. The molecule has 0 unspecified atom stereocenters. The molecule has 12 nitrogen and oxygen atoms in total. The van der Waals surface area contributed by atoms with Crippen molar-refractivity contribution in [2.45, 2.75) is 38.6 Å². The van der Waals surface area contributed by atoms with Crippen LogP contribution in [0.3, 0.4) is 0 Å². The quantitative estimate of drug-likeness (QED) is 0.315. The number of carbonyl (C=O) groups excluding carboxylic acids is 2. The highest BCUT2D eigenvalue weighted by molar-refractivity contribution is 5.90. The first-order valence-corrected chi connectivity index (χ1v) is 12.0. The smallest absolute Gasteiger partial charge is 0.413 e. The van der Waals surface area contributed by atoms with Crippen molar-refractivity contribution >= 4 is 28.9 Å². The molecule has 1 aromatic carbocycles. The molecule has 2 aliphatic rings. The number of carbonyl (C=O) groups is 3. The zero-order valence-corrected chi connectivity index (χ0v) is 21.0. The number of ether oxygens (including phenoxy) is 2. The molecule has 0 spiro atoms. The van der Waals surface area contributed by atoms with Crippen molar-refractivity contribution in [2.24, 2.45) is 0 Å². The molecule has 0 radical (unpaired) electrons. The number of rotatable bonds is 6. The number of hydrogen-bond donors (Lipinski definition) is 3. The molecule has 4 heterocycles. The Labute approximate surface area is 216 Å². The fourth-order valence-electron chi connectivity index (χ4n) is 4.95. The van der Waals surface area contributed by atoms with E-state index in [-0.39, 0.29) is 42.0 Å². The molecule has 0 aliphatic carbocycles. The zero-order chi connectivity index (χ0) is 27.4. The molecule has 38 heavy (non-hydrogen) atoms. The summed E-state index contributed by atoms with van der Waals surface area (Å²) in [5, 5.41) is 22.7. The number of carboxylic acids is 1. The van der Waals surface area contributed by atoms with Crippen LogP contribution in [0.2, 0.25) is 0 Å². The lowest BCUT2D eigenvalue weighted by Gasteiger charge is -2.31.